The first-order valence-corrected chi connectivity index (χ1v) is 10.0. The highest BCUT2D eigenvalue weighted by molar-refractivity contribution is 5.73. The van der Waals surface area contributed by atoms with Crippen molar-refractivity contribution in [2.45, 2.75) is 44.6 Å². The van der Waals surface area contributed by atoms with E-state index < -0.39 is 24.3 Å². The lowest BCUT2D eigenvalue weighted by atomic mass is 9.96. The molecule has 15 heteroatoms. The summed E-state index contributed by atoms with van der Waals surface area (Å²) in [6.45, 7) is 4.82. The quantitative estimate of drug-likeness (QED) is 0.519. The minimum absolute atomic E-state index is 0.814. The highest BCUT2D eigenvalue weighted by Crippen LogP contribution is 2.19. The first kappa shape index (κ1) is 28.9. The molecule has 1 saturated heterocycles. The number of carboxylic acid groups (broad SMARTS) is 2. The molecule has 0 bridgehead atoms. The van der Waals surface area contributed by atoms with Crippen LogP contribution in [0.2, 0.25) is 0 Å². The van der Waals surface area contributed by atoms with Crippen LogP contribution < -0.4 is 0 Å². The smallest absolute Gasteiger partial charge is 0.475 e. The molecule has 3 N–H and O–H groups in total. The van der Waals surface area contributed by atoms with Gasteiger partial charge in [-0.3, -0.25) is 5.10 Å². The molecule has 1 aliphatic heterocycles. The molecule has 0 aliphatic carbocycles. The van der Waals surface area contributed by atoms with Crippen molar-refractivity contribution in [3.63, 3.8) is 0 Å². The van der Waals surface area contributed by atoms with Gasteiger partial charge in [-0.2, -0.15) is 31.4 Å². The van der Waals surface area contributed by atoms with E-state index in [1.807, 2.05) is 24.9 Å². The van der Waals surface area contributed by atoms with Gasteiger partial charge in [-0.25, -0.2) is 14.6 Å². The number of carbonyl (C=O) groups is 2. The maximum Gasteiger partial charge on any atom is 0.490 e. The van der Waals surface area contributed by atoms with Crippen LogP contribution in [-0.4, -0.2) is 78.8 Å². The standard InChI is InChI=1S/C15H23N5.2C2HF3O2/c1(2-15-10-17-18-11-15)6-19-7-3-14(4-8-19)12-20-9-5-16-13-20;2*3-2(4,5)1(6)7/h5,9-11,13-14H,1-4,6-8,12H2,(H,17,18);2*(H,6,7). The summed E-state index contributed by atoms with van der Waals surface area (Å²) in [5.41, 5.74) is 1.32. The molecule has 2 aromatic heterocycles. The van der Waals surface area contributed by atoms with Crippen LogP contribution >= 0.6 is 0 Å². The molecule has 34 heavy (non-hydrogen) atoms. The van der Waals surface area contributed by atoms with Crippen molar-refractivity contribution in [1.82, 2.24) is 24.6 Å². The second-order valence-corrected chi connectivity index (χ2v) is 7.36. The number of aromatic nitrogens is 4. The Hall–Kier alpha value is -3.10. The molecule has 9 nitrogen and oxygen atoms in total. The Morgan fingerprint density at radius 1 is 1.06 bits per heavy atom. The van der Waals surface area contributed by atoms with Gasteiger partial charge in [0.25, 0.3) is 0 Å². The molecule has 2 aromatic rings. The summed E-state index contributed by atoms with van der Waals surface area (Å²) in [7, 11) is 0. The van der Waals surface area contributed by atoms with E-state index in [4.69, 9.17) is 19.8 Å². The summed E-state index contributed by atoms with van der Waals surface area (Å²) in [6.07, 6.45) is 4.60. The SMILES string of the molecule is O=C(O)C(F)(F)F.O=C(O)C(F)(F)F.c1cn(CC2CCN(CCCc3cn[nH]c3)CC2)cn1. The Morgan fingerprint density at radius 3 is 2.03 bits per heavy atom. The summed E-state index contributed by atoms with van der Waals surface area (Å²) in [4.78, 5) is 24.5. The molecule has 0 radical (unpaired) electrons. The number of aromatic amines is 1. The van der Waals surface area contributed by atoms with Gasteiger partial charge in [0, 0.05) is 25.1 Å². The lowest BCUT2D eigenvalue weighted by Crippen LogP contribution is -2.35. The third kappa shape index (κ3) is 12.2. The normalized spacial score (nSPS) is 15.0. The number of hydrogen-bond acceptors (Lipinski definition) is 5. The lowest BCUT2D eigenvalue weighted by molar-refractivity contribution is -0.193. The van der Waals surface area contributed by atoms with Gasteiger partial charge in [0.05, 0.1) is 12.5 Å². The van der Waals surface area contributed by atoms with Crippen molar-refractivity contribution < 1.29 is 46.1 Å². The Labute approximate surface area is 190 Å². The molecule has 0 unspecified atom stereocenters. The van der Waals surface area contributed by atoms with E-state index in [1.165, 1.54) is 44.5 Å². The highest BCUT2D eigenvalue weighted by Gasteiger charge is 2.38. The summed E-state index contributed by atoms with van der Waals surface area (Å²) >= 11 is 0. The van der Waals surface area contributed by atoms with Crippen LogP contribution in [0, 0.1) is 5.92 Å². The van der Waals surface area contributed by atoms with Gasteiger partial charge in [-0.05, 0) is 56.8 Å². The number of aliphatic carboxylic acids is 2. The average molecular weight is 501 g/mol. The number of carboxylic acids is 2. The topological polar surface area (TPSA) is 124 Å². The number of likely N-dealkylation sites (tertiary alicyclic amines) is 1. The van der Waals surface area contributed by atoms with E-state index in [0.717, 1.165) is 18.9 Å². The fourth-order valence-electron chi connectivity index (χ4n) is 3.01. The van der Waals surface area contributed by atoms with Gasteiger partial charge in [0.1, 0.15) is 0 Å². The maximum absolute atomic E-state index is 10.6. The van der Waals surface area contributed by atoms with Crippen molar-refractivity contribution >= 4 is 11.9 Å². The van der Waals surface area contributed by atoms with Crippen molar-refractivity contribution in [3.8, 4) is 0 Å². The fraction of sp³-hybridized carbons (Fsp3) is 0.579. The number of aryl methyl sites for hydroxylation is 1. The van der Waals surface area contributed by atoms with Crippen molar-refractivity contribution in [2.24, 2.45) is 5.92 Å². The lowest BCUT2D eigenvalue weighted by Gasteiger charge is -2.32. The van der Waals surface area contributed by atoms with E-state index >= 15 is 0 Å². The minimum atomic E-state index is -5.08. The number of nitrogens with zero attached hydrogens (tertiary/aromatic N) is 4. The van der Waals surface area contributed by atoms with Crippen LogP contribution in [0.4, 0.5) is 26.3 Å². The Bertz CT molecular complexity index is 808. The first-order chi connectivity index (χ1) is 15.8. The minimum Gasteiger partial charge on any atom is -0.475 e. The predicted molar refractivity (Wildman–Crippen MR) is 106 cm³/mol. The summed E-state index contributed by atoms with van der Waals surface area (Å²) < 4.78 is 65.7. The number of alkyl halides is 6. The van der Waals surface area contributed by atoms with E-state index in [0.29, 0.717) is 0 Å². The molecule has 0 spiro atoms. The Kier molecular flexibility index (Phi) is 11.5. The molecule has 3 heterocycles. The van der Waals surface area contributed by atoms with Gasteiger partial charge in [0.15, 0.2) is 0 Å². The Balaban J connectivity index is 0.000000343. The first-order valence-electron chi connectivity index (χ1n) is 10.0. The molecule has 192 valence electrons. The molecule has 0 amide bonds. The van der Waals surface area contributed by atoms with Crippen LogP contribution in [0.3, 0.4) is 0 Å². The average Bonchev–Trinajstić information content (AvgIpc) is 3.43. The number of piperidine rings is 1. The largest absolute Gasteiger partial charge is 0.490 e. The number of rotatable bonds is 6. The summed E-state index contributed by atoms with van der Waals surface area (Å²) in [5, 5.41) is 21.1. The number of imidazole rings is 1. The molecule has 1 aliphatic rings. The van der Waals surface area contributed by atoms with E-state index in [9.17, 15) is 26.3 Å². The second-order valence-electron chi connectivity index (χ2n) is 7.36. The van der Waals surface area contributed by atoms with Gasteiger partial charge >= 0.3 is 24.3 Å². The number of nitrogens with one attached hydrogen (secondary N) is 1. The zero-order valence-corrected chi connectivity index (χ0v) is 17.9. The maximum atomic E-state index is 10.6. The number of hydrogen-bond donors (Lipinski definition) is 3. The zero-order chi connectivity index (χ0) is 25.8. The van der Waals surface area contributed by atoms with Gasteiger partial charge < -0.3 is 19.7 Å². The van der Waals surface area contributed by atoms with Crippen LogP contribution in [0.15, 0.2) is 31.1 Å². The predicted octanol–water partition coefficient (Wildman–Crippen LogP) is 3.22. The monoisotopic (exact) mass is 501 g/mol. The third-order valence-electron chi connectivity index (χ3n) is 4.72. The zero-order valence-electron chi connectivity index (χ0n) is 17.9. The van der Waals surface area contributed by atoms with E-state index in [1.54, 1.807) is 0 Å². The fourth-order valence-corrected chi connectivity index (χ4v) is 3.01. The van der Waals surface area contributed by atoms with Crippen molar-refractivity contribution in [1.29, 1.82) is 0 Å². The molecule has 3 rings (SSSR count). The van der Waals surface area contributed by atoms with Gasteiger partial charge in [-0.1, -0.05) is 0 Å². The van der Waals surface area contributed by atoms with E-state index in [2.05, 4.69) is 30.8 Å². The van der Waals surface area contributed by atoms with E-state index in [-0.39, 0.29) is 0 Å². The second kappa shape index (κ2) is 13.6. The van der Waals surface area contributed by atoms with Crippen LogP contribution in [0.25, 0.3) is 0 Å². The molecule has 0 saturated carbocycles. The molecule has 1 fully saturated rings. The Morgan fingerprint density at radius 2 is 1.62 bits per heavy atom. The summed E-state index contributed by atoms with van der Waals surface area (Å²) in [5.74, 6) is -4.70. The molecule has 0 aromatic carbocycles. The van der Waals surface area contributed by atoms with Crippen LogP contribution in [-0.2, 0) is 22.6 Å². The summed E-state index contributed by atoms with van der Waals surface area (Å²) in [6, 6.07) is 0. The molecular formula is C19H25F6N5O4. The van der Waals surface area contributed by atoms with Crippen molar-refractivity contribution in [2.75, 3.05) is 19.6 Å². The van der Waals surface area contributed by atoms with Crippen LogP contribution in [0.1, 0.15) is 24.8 Å². The number of H-pyrrole nitrogens is 1. The van der Waals surface area contributed by atoms with Gasteiger partial charge in [0.2, 0.25) is 0 Å². The molecule has 0 atom stereocenters. The number of halogens is 6. The van der Waals surface area contributed by atoms with Gasteiger partial charge in [-0.15, -0.1) is 0 Å². The molecular weight excluding hydrogens is 476 g/mol. The van der Waals surface area contributed by atoms with Crippen molar-refractivity contribution in [3.05, 3.63) is 36.7 Å². The van der Waals surface area contributed by atoms with Crippen LogP contribution in [0.5, 0.6) is 0 Å². The highest BCUT2D eigenvalue weighted by atomic mass is 19.4. The third-order valence-corrected chi connectivity index (χ3v) is 4.72.